The highest BCUT2D eigenvalue weighted by Crippen LogP contribution is 2.25. The Morgan fingerprint density at radius 3 is 2.52 bits per heavy atom. The summed E-state index contributed by atoms with van der Waals surface area (Å²) in [6.07, 6.45) is 0. The van der Waals surface area contributed by atoms with Crippen molar-refractivity contribution in [3.63, 3.8) is 0 Å². The number of hydrogen-bond acceptors (Lipinski definition) is 3. The van der Waals surface area contributed by atoms with E-state index < -0.39 is 0 Å². The Kier molecular flexibility index (Phi) is 5.42. The molecule has 138 valence electrons. The summed E-state index contributed by atoms with van der Waals surface area (Å²) in [4.78, 5) is 24.6. The molecule has 0 aliphatic heterocycles. The van der Waals surface area contributed by atoms with Crippen LogP contribution in [0.2, 0.25) is 5.02 Å². The van der Waals surface area contributed by atoms with E-state index in [1.54, 1.807) is 12.1 Å². The Bertz CT molecular complexity index is 1050. The van der Waals surface area contributed by atoms with Crippen LogP contribution in [0.25, 0.3) is 11.3 Å². The maximum atomic E-state index is 12.4. The summed E-state index contributed by atoms with van der Waals surface area (Å²) in [7, 11) is 0. The minimum Gasteiger partial charge on any atom is -0.323 e. The van der Waals surface area contributed by atoms with Gasteiger partial charge in [-0.05, 0) is 55.7 Å². The zero-order valence-corrected chi connectivity index (χ0v) is 16.2. The normalized spacial score (nSPS) is 10.7. The molecule has 5 nitrogen and oxygen atoms in total. The quantitative estimate of drug-likeness (QED) is 0.739. The first-order valence-electron chi connectivity index (χ1n) is 8.56. The van der Waals surface area contributed by atoms with Crippen molar-refractivity contribution in [1.29, 1.82) is 0 Å². The Balaban J connectivity index is 1.85. The van der Waals surface area contributed by atoms with Gasteiger partial charge in [-0.3, -0.25) is 9.59 Å². The lowest BCUT2D eigenvalue weighted by molar-refractivity contribution is -0.117. The molecular weight excluding hydrogens is 362 g/mol. The predicted octanol–water partition coefficient (Wildman–Crippen LogP) is 4.13. The number of amides is 1. The number of carbonyl (C=O) groups is 1. The van der Waals surface area contributed by atoms with E-state index in [9.17, 15) is 9.59 Å². The van der Waals surface area contributed by atoms with E-state index in [1.807, 2.05) is 51.1 Å². The van der Waals surface area contributed by atoms with Crippen molar-refractivity contribution >= 4 is 23.2 Å². The SMILES string of the molecule is Cc1ccc(-c2ccc(=O)n(CC(=O)Nc3c(C)cccc3Cl)n2)cc1C. The monoisotopic (exact) mass is 381 g/mol. The largest absolute Gasteiger partial charge is 0.323 e. The van der Waals surface area contributed by atoms with Gasteiger partial charge < -0.3 is 5.32 Å². The summed E-state index contributed by atoms with van der Waals surface area (Å²) >= 11 is 6.14. The first kappa shape index (κ1) is 18.9. The lowest BCUT2D eigenvalue weighted by Gasteiger charge is -2.11. The molecule has 0 fully saturated rings. The highest BCUT2D eigenvalue weighted by Gasteiger charge is 2.11. The molecule has 1 N–H and O–H groups in total. The second-order valence-corrected chi connectivity index (χ2v) is 6.90. The van der Waals surface area contributed by atoms with Gasteiger partial charge in [0.25, 0.3) is 5.56 Å². The Hall–Kier alpha value is -2.92. The molecule has 1 amide bonds. The number of para-hydroxylation sites is 1. The van der Waals surface area contributed by atoms with Crippen molar-refractivity contribution in [3.05, 3.63) is 80.6 Å². The van der Waals surface area contributed by atoms with Gasteiger partial charge in [0.1, 0.15) is 6.54 Å². The second kappa shape index (κ2) is 7.76. The van der Waals surface area contributed by atoms with E-state index in [4.69, 9.17) is 11.6 Å². The number of anilines is 1. The molecule has 0 atom stereocenters. The van der Waals surface area contributed by atoms with E-state index in [0.29, 0.717) is 16.4 Å². The molecule has 0 spiro atoms. The number of halogens is 1. The first-order chi connectivity index (χ1) is 12.8. The molecule has 0 saturated heterocycles. The number of nitrogens with zero attached hydrogens (tertiary/aromatic N) is 2. The summed E-state index contributed by atoms with van der Waals surface area (Å²) in [6.45, 7) is 5.72. The zero-order valence-electron chi connectivity index (χ0n) is 15.4. The third-order valence-corrected chi connectivity index (χ3v) is 4.76. The molecule has 0 aliphatic carbocycles. The number of hydrogen-bond donors (Lipinski definition) is 1. The van der Waals surface area contributed by atoms with E-state index in [0.717, 1.165) is 21.4 Å². The molecule has 6 heteroatoms. The number of aromatic nitrogens is 2. The molecule has 0 saturated carbocycles. The molecule has 1 aromatic heterocycles. The fraction of sp³-hybridized carbons (Fsp3) is 0.190. The van der Waals surface area contributed by atoms with Gasteiger partial charge in [-0.25, -0.2) is 4.68 Å². The van der Waals surface area contributed by atoms with Crippen LogP contribution in [0.5, 0.6) is 0 Å². The third kappa shape index (κ3) is 4.26. The Morgan fingerprint density at radius 2 is 1.81 bits per heavy atom. The number of carbonyl (C=O) groups excluding carboxylic acids is 1. The minimum atomic E-state index is -0.363. The van der Waals surface area contributed by atoms with Crippen LogP contribution in [-0.2, 0) is 11.3 Å². The standard InChI is InChI=1S/C21H20ClN3O2/c1-13-7-8-16(11-15(13)3)18-9-10-20(27)25(24-18)12-19(26)23-21-14(2)5-4-6-17(21)22/h4-11H,12H2,1-3H3,(H,23,26). The summed E-state index contributed by atoms with van der Waals surface area (Å²) in [5.74, 6) is -0.363. The maximum absolute atomic E-state index is 12.4. The van der Waals surface area contributed by atoms with Gasteiger partial charge in [0, 0.05) is 11.6 Å². The number of rotatable bonds is 4. The van der Waals surface area contributed by atoms with E-state index in [1.165, 1.54) is 11.6 Å². The van der Waals surface area contributed by atoms with Crippen molar-refractivity contribution in [3.8, 4) is 11.3 Å². The summed E-state index contributed by atoms with van der Waals surface area (Å²) < 4.78 is 1.16. The van der Waals surface area contributed by atoms with Crippen LogP contribution in [0, 0.1) is 20.8 Å². The Labute approximate surface area is 162 Å². The van der Waals surface area contributed by atoms with Gasteiger partial charge in [-0.2, -0.15) is 5.10 Å². The highest BCUT2D eigenvalue weighted by molar-refractivity contribution is 6.33. The lowest BCUT2D eigenvalue weighted by Crippen LogP contribution is -2.29. The fourth-order valence-corrected chi connectivity index (χ4v) is 2.99. The van der Waals surface area contributed by atoms with Crippen molar-refractivity contribution in [1.82, 2.24) is 9.78 Å². The van der Waals surface area contributed by atoms with Gasteiger partial charge in [0.05, 0.1) is 16.4 Å². The van der Waals surface area contributed by atoms with Gasteiger partial charge in [-0.1, -0.05) is 35.9 Å². The van der Waals surface area contributed by atoms with Crippen molar-refractivity contribution in [2.24, 2.45) is 0 Å². The topological polar surface area (TPSA) is 64.0 Å². The number of benzene rings is 2. The highest BCUT2D eigenvalue weighted by atomic mass is 35.5. The van der Waals surface area contributed by atoms with Gasteiger partial charge in [0.2, 0.25) is 5.91 Å². The molecule has 27 heavy (non-hydrogen) atoms. The molecule has 1 heterocycles. The van der Waals surface area contributed by atoms with Crippen LogP contribution in [0.15, 0.2) is 53.3 Å². The van der Waals surface area contributed by atoms with Crippen LogP contribution in [0.3, 0.4) is 0 Å². The van der Waals surface area contributed by atoms with Crippen LogP contribution in [0.4, 0.5) is 5.69 Å². The van der Waals surface area contributed by atoms with E-state index >= 15 is 0 Å². The zero-order chi connectivity index (χ0) is 19.6. The second-order valence-electron chi connectivity index (χ2n) is 6.49. The average Bonchev–Trinajstić information content (AvgIpc) is 2.62. The number of aryl methyl sites for hydroxylation is 3. The fourth-order valence-electron chi connectivity index (χ4n) is 2.72. The lowest BCUT2D eigenvalue weighted by atomic mass is 10.0. The third-order valence-electron chi connectivity index (χ3n) is 4.45. The van der Waals surface area contributed by atoms with Crippen molar-refractivity contribution in [2.45, 2.75) is 27.3 Å². The molecule has 3 aromatic rings. The molecule has 0 unspecified atom stereocenters. The number of nitrogens with one attached hydrogen (secondary N) is 1. The average molecular weight is 382 g/mol. The first-order valence-corrected chi connectivity index (χ1v) is 8.93. The van der Waals surface area contributed by atoms with Crippen LogP contribution < -0.4 is 10.9 Å². The predicted molar refractivity (Wildman–Crippen MR) is 108 cm³/mol. The molecular formula is C21H20ClN3O2. The summed E-state index contributed by atoms with van der Waals surface area (Å²) in [5.41, 5.74) is 4.91. The van der Waals surface area contributed by atoms with Crippen LogP contribution >= 0.6 is 11.6 Å². The van der Waals surface area contributed by atoms with Crippen LogP contribution in [0.1, 0.15) is 16.7 Å². The smallest absolute Gasteiger partial charge is 0.267 e. The molecule has 0 radical (unpaired) electrons. The van der Waals surface area contributed by atoms with Gasteiger partial charge in [0.15, 0.2) is 0 Å². The van der Waals surface area contributed by atoms with E-state index in [-0.39, 0.29) is 18.0 Å². The molecule has 3 rings (SSSR count). The van der Waals surface area contributed by atoms with Gasteiger partial charge in [-0.15, -0.1) is 0 Å². The molecule has 0 bridgehead atoms. The molecule has 2 aromatic carbocycles. The van der Waals surface area contributed by atoms with Crippen LogP contribution in [-0.4, -0.2) is 15.7 Å². The van der Waals surface area contributed by atoms with E-state index in [2.05, 4.69) is 10.4 Å². The molecule has 0 aliphatic rings. The maximum Gasteiger partial charge on any atom is 0.267 e. The minimum absolute atomic E-state index is 0.192. The van der Waals surface area contributed by atoms with Crippen molar-refractivity contribution in [2.75, 3.05) is 5.32 Å². The summed E-state index contributed by atoms with van der Waals surface area (Å²) in [5, 5.41) is 7.56. The summed E-state index contributed by atoms with van der Waals surface area (Å²) in [6, 6.07) is 14.4. The Morgan fingerprint density at radius 1 is 1.04 bits per heavy atom. The van der Waals surface area contributed by atoms with Gasteiger partial charge >= 0.3 is 0 Å². The van der Waals surface area contributed by atoms with Crippen molar-refractivity contribution < 1.29 is 4.79 Å².